The number of hydrogen-bond acceptors (Lipinski definition) is 6. The molecule has 0 spiro atoms. The summed E-state index contributed by atoms with van der Waals surface area (Å²) in [5, 5.41) is 16.2. The maximum absolute atomic E-state index is 12.4. The number of amides is 2. The zero-order chi connectivity index (χ0) is 18.2. The third kappa shape index (κ3) is 4.31. The second kappa shape index (κ2) is 6.67. The Morgan fingerprint density at radius 2 is 2.12 bits per heavy atom. The minimum Gasteiger partial charge on any atom is -0.444 e. The summed E-state index contributed by atoms with van der Waals surface area (Å²) >= 11 is 0. The summed E-state index contributed by atoms with van der Waals surface area (Å²) < 4.78 is 10.6. The number of aromatic nitrogens is 1. The monoisotopic (exact) mass is 351 g/mol. The second-order valence-corrected chi connectivity index (χ2v) is 7.80. The molecule has 0 radical (unpaired) electrons. The molecular weight excluding hydrogens is 326 g/mol. The molecule has 2 fully saturated rings. The molecule has 2 heterocycles. The molecule has 3 rings (SSSR count). The molecule has 8 heteroatoms. The number of likely N-dealkylation sites (tertiary alicyclic amines) is 1. The van der Waals surface area contributed by atoms with Gasteiger partial charge in [0.05, 0.1) is 6.04 Å². The summed E-state index contributed by atoms with van der Waals surface area (Å²) in [6.07, 6.45) is 1.69. The van der Waals surface area contributed by atoms with Crippen molar-refractivity contribution in [2.24, 2.45) is 5.92 Å². The lowest BCUT2D eigenvalue weighted by atomic mass is 10.1. The second-order valence-electron chi connectivity index (χ2n) is 7.80. The first kappa shape index (κ1) is 17.7. The molecule has 0 unspecified atom stereocenters. The van der Waals surface area contributed by atoms with Crippen molar-refractivity contribution in [1.29, 1.82) is 0 Å². The van der Waals surface area contributed by atoms with Gasteiger partial charge in [-0.05, 0) is 33.6 Å². The summed E-state index contributed by atoms with van der Waals surface area (Å²) in [6, 6.07) is 1.31. The van der Waals surface area contributed by atoms with Crippen LogP contribution in [0.15, 0.2) is 10.6 Å². The van der Waals surface area contributed by atoms with Crippen molar-refractivity contribution >= 4 is 12.0 Å². The van der Waals surface area contributed by atoms with Gasteiger partial charge in [0.25, 0.3) is 5.91 Å². The molecule has 2 amide bonds. The fraction of sp³-hybridized carbons (Fsp3) is 0.706. The van der Waals surface area contributed by atoms with Gasteiger partial charge >= 0.3 is 6.09 Å². The number of carbonyl (C=O) groups is 2. The Hall–Kier alpha value is -2.09. The number of carbonyl (C=O) groups excluding carboxylic acids is 2. The van der Waals surface area contributed by atoms with E-state index in [-0.39, 0.29) is 30.2 Å². The molecule has 0 bridgehead atoms. The third-order valence-corrected chi connectivity index (χ3v) is 4.38. The first-order valence-electron chi connectivity index (χ1n) is 8.63. The first-order valence-corrected chi connectivity index (χ1v) is 8.63. The summed E-state index contributed by atoms with van der Waals surface area (Å²) in [5.41, 5.74) is -0.359. The molecule has 0 aromatic carbocycles. The minimum absolute atomic E-state index is 0.129. The molecular formula is C17H25N3O5. The van der Waals surface area contributed by atoms with Crippen molar-refractivity contribution in [3.8, 4) is 0 Å². The summed E-state index contributed by atoms with van der Waals surface area (Å²) in [6.45, 7) is 5.89. The molecule has 2 N–H and O–H groups in total. The normalized spacial score (nSPS) is 23.6. The maximum atomic E-state index is 12.4. The Kier molecular flexibility index (Phi) is 4.73. The van der Waals surface area contributed by atoms with Gasteiger partial charge in [0.1, 0.15) is 11.4 Å². The van der Waals surface area contributed by atoms with Crippen molar-refractivity contribution in [3.63, 3.8) is 0 Å². The Morgan fingerprint density at radius 1 is 1.40 bits per heavy atom. The van der Waals surface area contributed by atoms with Crippen molar-refractivity contribution < 1.29 is 24.0 Å². The Labute approximate surface area is 146 Å². The Morgan fingerprint density at radius 3 is 2.72 bits per heavy atom. The van der Waals surface area contributed by atoms with E-state index in [0.29, 0.717) is 19.0 Å². The zero-order valence-electron chi connectivity index (χ0n) is 14.8. The van der Waals surface area contributed by atoms with Gasteiger partial charge in [0, 0.05) is 37.6 Å². The van der Waals surface area contributed by atoms with Gasteiger partial charge in [-0.2, -0.15) is 0 Å². The molecule has 2 aliphatic rings. The minimum atomic E-state index is -0.590. The average Bonchev–Trinajstić information content (AvgIpc) is 3.10. The summed E-state index contributed by atoms with van der Waals surface area (Å²) in [4.78, 5) is 26.1. The number of aliphatic hydroxyl groups excluding tert-OH is 1. The number of rotatable bonds is 4. The third-order valence-electron chi connectivity index (χ3n) is 4.38. The molecule has 1 aliphatic carbocycles. The van der Waals surface area contributed by atoms with E-state index >= 15 is 0 Å². The Bertz CT molecular complexity index is 647. The fourth-order valence-electron chi connectivity index (χ4n) is 2.89. The van der Waals surface area contributed by atoms with Crippen LogP contribution in [-0.2, 0) is 4.74 Å². The highest BCUT2D eigenvalue weighted by Crippen LogP contribution is 2.40. The van der Waals surface area contributed by atoms with Gasteiger partial charge in [0.2, 0.25) is 0 Å². The molecule has 1 aliphatic heterocycles. The lowest BCUT2D eigenvalue weighted by Crippen LogP contribution is -2.42. The van der Waals surface area contributed by atoms with Gasteiger partial charge in [-0.25, -0.2) is 4.79 Å². The largest absolute Gasteiger partial charge is 0.444 e. The van der Waals surface area contributed by atoms with Crippen molar-refractivity contribution in [3.05, 3.63) is 17.5 Å². The zero-order valence-corrected chi connectivity index (χ0v) is 14.8. The number of hydrogen-bond donors (Lipinski definition) is 2. The van der Waals surface area contributed by atoms with Gasteiger partial charge in [-0.1, -0.05) is 5.16 Å². The van der Waals surface area contributed by atoms with Crippen LogP contribution in [0.2, 0.25) is 0 Å². The number of ether oxygens (including phenoxy) is 1. The van der Waals surface area contributed by atoms with E-state index in [0.717, 1.165) is 18.6 Å². The van der Waals surface area contributed by atoms with Gasteiger partial charge in [-0.3, -0.25) is 4.79 Å². The van der Waals surface area contributed by atoms with E-state index < -0.39 is 11.7 Å². The van der Waals surface area contributed by atoms with E-state index in [9.17, 15) is 14.7 Å². The van der Waals surface area contributed by atoms with Crippen LogP contribution in [0.4, 0.5) is 4.79 Å². The summed E-state index contributed by atoms with van der Waals surface area (Å²) in [7, 11) is 0. The highest BCUT2D eigenvalue weighted by molar-refractivity contribution is 5.92. The SMILES string of the molecule is CC(C)(C)OC(=O)N1C[C@H](CO)[C@H](NC(=O)c2cc(C3CC3)on2)C1. The van der Waals surface area contributed by atoms with E-state index in [4.69, 9.17) is 9.26 Å². The number of nitrogens with one attached hydrogen (secondary N) is 1. The highest BCUT2D eigenvalue weighted by atomic mass is 16.6. The van der Waals surface area contributed by atoms with Crippen LogP contribution >= 0.6 is 0 Å². The van der Waals surface area contributed by atoms with Crippen molar-refractivity contribution in [2.75, 3.05) is 19.7 Å². The average molecular weight is 351 g/mol. The summed E-state index contributed by atoms with van der Waals surface area (Å²) in [5.74, 6) is 0.524. The smallest absolute Gasteiger partial charge is 0.410 e. The van der Waals surface area contributed by atoms with Crippen LogP contribution in [0.5, 0.6) is 0 Å². The quantitative estimate of drug-likeness (QED) is 0.852. The van der Waals surface area contributed by atoms with Gasteiger partial charge < -0.3 is 24.6 Å². The van der Waals surface area contributed by atoms with Crippen molar-refractivity contribution in [1.82, 2.24) is 15.4 Å². The number of aliphatic hydroxyl groups is 1. The van der Waals surface area contributed by atoms with E-state index in [1.807, 2.05) is 0 Å². The lowest BCUT2D eigenvalue weighted by Gasteiger charge is -2.24. The molecule has 1 saturated carbocycles. The molecule has 1 aromatic rings. The molecule has 138 valence electrons. The van der Waals surface area contributed by atoms with Gasteiger partial charge in [0.15, 0.2) is 5.69 Å². The predicted molar refractivity (Wildman–Crippen MR) is 88.1 cm³/mol. The van der Waals surface area contributed by atoms with E-state index in [1.165, 1.54) is 4.90 Å². The lowest BCUT2D eigenvalue weighted by molar-refractivity contribution is 0.0281. The number of nitrogens with zero attached hydrogens (tertiary/aromatic N) is 2. The standard InChI is InChI=1S/C17H25N3O5/c1-17(2,3)24-16(23)20-7-11(9-21)13(8-20)18-15(22)12-6-14(25-19-12)10-4-5-10/h6,10-11,13,21H,4-5,7-9H2,1-3H3,(H,18,22)/t11-,13-/m1/s1. The van der Waals surface area contributed by atoms with E-state index in [1.54, 1.807) is 26.8 Å². The molecule has 8 nitrogen and oxygen atoms in total. The van der Waals surface area contributed by atoms with Crippen LogP contribution < -0.4 is 5.32 Å². The molecule has 1 saturated heterocycles. The van der Waals surface area contributed by atoms with Gasteiger partial charge in [-0.15, -0.1) is 0 Å². The molecule has 1 aromatic heterocycles. The van der Waals surface area contributed by atoms with Crippen LogP contribution in [0.3, 0.4) is 0 Å². The Balaban J connectivity index is 1.60. The fourth-order valence-corrected chi connectivity index (χ4v) is 2.89. The van der Waals surface area contributed by atoms with Crippen LogP contribution in [-0.4, -0.2) is 58.5 Å². The maximum Gasteiger partial charge on any atom is 0.410 e. The van der Waals surface area contributed by atoms with E-state index in [2.05, 4.69) is 10.5 Å². The predicted octanol–water partition coefficient (Wildman–Crippen LogP) is 1.51. The van der Waals surface area contributed by atoms with Crippen LogP contribution in [0.25, 0.3) is 0 Å². The van der Waals surface area contributed by atoms with Crippen molar-refractivity contribution in [2.45, 2.75) is 51.2 Å². The molecule has 2 atom stereocenters. The van der Waals surface area contributed by atoms with Crippen LogP contribution in [0.1, 0.15) is 55.8 Å². The first-order chi connectivity index (χ1) is 11.8. The highest BCUT2D eigenvalue weighted by Gasteiger charge is 2.38. The van der Waals surface area contributed by atoms with Crippen LogP contribution in [0, 0.1) is 5.92 Å². The topological polar surface area (TPSA) is 105 Å². The molecule has 25 heavy (non-hydrogen) atoms.